The number of H-pyrrole nitrogens is 1. The van der Waals surface area contributed by atoms with Crippen LogP contribution in [0.5, 0.6) is 5.75 Å². The number of amides is 1. The Morgan fingerprint density at radius 2 is 1.87 bits per heavy atom. The highest BCUT2D eigenvalue weighted by Gasteiger charge is 2.41. The second-order valence-corrected chi connectivity index (χ2v) is 14.6. The van der Waals surface area contributed by atoms with Crippen molar-refractivity contribution in [3.05, 3.63) is 97.7 Å². The molecule has 246 valence electrons. The number of aromatic amines is 1. The number of phenolic OH excluding ortho intramolecular Hbond substituents is 1. The molecule has 2 aliphatic heterocycles. The van der Waals surface area contributed by atoms with E-state index in [1.807, 2.05) is 58.7 Å². The molecule has 0 radical (unpaired) electrons. The number of hydrogen-bond acceptors (Lipinski definition) is 8. The fourth-order valence-corrected chi connectivity index (χ4v) is 8.78. The lowest BCUT2D eigenvalue weighted by atomic mass is 9.89. The zero-order valence-electron chi connectivity index (χ0n) is 25.9. The van der Waals surface area contributed by atoms with Crippen molar-refractivity contribution in [1.29, 1.82) is 0 Å². The van der Waals surface area contributed by atoms with Crippen LogP contribution in [0.3, 0.4) is 0 Å². The Morgan fingerprint density at radius 3 is 2.70 bits per heavy atom. The molecule has 3 aromatic carbocycles. The summed E-state index contributed by atoms with van der Waals surface area (Å²) >= 11 is 2.50. The number of thiazole rings is 1. The topological polar surface area (TPSA) is 123 Å². The van der Waals surface area contributed by atoms with Crippen molar-refractivity contribution in [2.45, 2.75) is 37.5 Å². The van der Waals surface area contributed by atoms with E-state index in [4.69, 9.17) is 4.74 Å². The van der Waals surface area contributed by atoms with Crippen LogP contribution in [-0.2, 0) is 17.7 Å². The molecule has 0 saturated carbocycles. The van der Waals surface area contributed by atoms with Gasteiger partial charge in [-0.3, -0.25) is 14.5 Å². The number of nitrogens with zero attached hydrogens (tertiary/aromatic N) is 2. The van der Waals surface area contributed by atoms with E-state index in [0.717, 1.165) is 52.2 Å². The summed E-state index contributed by atoms with van der Waals surface area (Å²) in [4.78, 5) is 32.5. The van der Waals surface area contributed by atoms with E-state index < -0.39 is 6.10 Å². The molecule has 4 heterocycles. The van der Waals surface area contributed by atoms with Crippen molar-refractivity contribution in [3.63, 3.8) is 0 Å². The Morgan fingerprint density at radius 1 is 1.06 bits per heavy atom. The van der Waals surface area contributed by atoms with Crippen LogP contribution in [0, 0.1) is 5.82 Å². The summed E-state index contributed by atoms with van der Waals surface area (Å²) in [5.74, 6) is -0.145. The number of benzene rings is 3. The number of carbonyl (C=O) groups excluding carboxylic acids is 1. The van der Waals surface area contributed by atoms with Gasteiger partial charge in [-0.25, -0.2) is 4.39 Å². The number of morpholine rings is 1. The number of phenols is 1. The van der Waals surface area contributed by atoms with Crippen molar-refractivity contribution in [1.82, 2.24) is 14.8 Å². The molecule has 0 aliphatic carbocycles. The molecule has 2 fully saturated rings. The number of hydrogen-bond donors (Lipinski definition) is 4. The molecule has 5 aromatic rings. The highest BCUT2D eigenvalue weighted by molar-refractivity contribution is 7.20. The zero-order valence-corrected chi connectivity index (χ0v) is 27.5. The van der Waals surface area contributed by atoms with E-state index in [9.17, 15) is 19.8 Å². The molecular weight excluding hydrogens is 640 g/mol. The fraction of sp³-hybridized carbons (Fsp3) is 0.371. The number of quaternary nitrogens is 1. The van der Waals surface area contributed by atoms with Crippen LogP contribution in [0.25, 0.3) is 20.3 Å². The standard InChI is InChI=1S/C35H37FN4O5S2/c36-30-22(10-13-37-19-27(42)25-8-9-26(41)31-32(25)47-34(44)38-31)5-3-6-24(30)20-39-14-11-35(12-15-39)21-40(16-17-45-35)33(43)29-18-23-4-1-2-7-28(23)46-29/h1-9,18,27,37,41-42H,10-17,19-21H2,(H,38,44)/p+1. The number of thiophene rings is 1. The zero-order chi connectivity index (χ0) is 32.5. The van der Waals surface area contributed by atoms with E-state index >= 15 is 4.39 Å². The molecule has 1 amide bonds. The van der Waals surface area contributed by atoms with Gasteiger partial charge >= 0.3 is 4.87 Å². The molecule has 5 N–H and O–H groups in total. The van der Waals surface area contributed by atoms with Crippen LogP contribution in [-0.4, -0.2) is 82.4 Å². The quantitative estimate of drug-likeness (QED) is 0.175. The lowest BCUT2D eigenvalue weighted by Crippen LogP contribution is -2.85. The fourth-order valence-electron chi connectivity index (χ4n) is 6.83. The lowest BCUT2D eigenvalue weighted by molar-refractivity contribution is -0.661. The van der Waals surface area contributed by atoms with Gasteiger partial charge in [0, 0.05) is 48.4 Å². The molecule has 7 rings (SSSR count). The number of likely N-dealkylation sites (tertiary alicyclic amines) is 1. The van der Waals surface area contributed by atoms with Gasteiger partial charge in [-0.2, -0.15) is 0 Å². The third-order valence-corrected chi connectivity index (χ3v) is 11.5. The third-order valence-electron chi connectivity index (χ3n) is 9.45. The Bertz CT molecular complexity index is 1930. The van der Waals surface area contributed by atoms with Gasteiger partial charge in [0.15, 0.2) is 0 Å². The largest absolute Gasteiger partial charge is 0.506 e. The molecule has 9 nitrogen and oxygen atoms in total. The smallest absolute Gasteiger partial charge is 0.305 e. The van der Waals surface area contributed by atoms with Gasteiger partial charge in [0.1, 0.15) is 29.7 Å². The second kappa shape index (κ2) is 13.5. The Balaban J connectivity index is 0.908. The highest BCUT2D eigenvalue weighted by atomic mass is 32.1. The third kappa shape index (κ3) is 6.71. The van der Waals surface area contributed by atoms with Gasteiger partial charge in [0.25, 0.3) is 5.91 Å². The van der Waals surface area contributed by atoms with Crippen LogP contribution in [0.15, 0.2) is 65.5 Å². The number of aliphatic hydroxyl groups is 1. The maximum absolute atomic E-state index is 15.6. The normalized spacial score (nSPS) is 17.5. The second-order valence-electron chi connectivity index (χ2n) is 12.5. The molecule has 47 heavy (non-hydrogen) atoms. The molecule has 2 aromatic heterocycles. The lowest BCUT2D eigenvalue weighted by Gasteiger charge is -2.47. The first-order valence-electron chi connectivity index (χ1n) is 16.0. The average molecular weight is 678 g/mol. The van der Waals surface area contributed by atoms with Crippen molar-refractivity contribution in [2.24, 2.45) is 0 Å². The van der Waals surface area contributed by atoms with Gasteiger partial charge in [0.2, 0.25) is 0 Å². The number of aromatic hydroxyl groups is 1. The molecular formula is C35H38FN4O5S2+. The van der Waals surface area contributed by atoms with Crippen molar-refractivity contribution < 1.29 is 29.5 Å². The minimum atomic E-state index is -0.836. The molecule has 12 heteroatoms. The molecule has 0 bridgehead atoms. The van der Waals surface area contributed by atoms with Crippen LogP contribution in [0.1, 0.15) is 45.3 Å². The maximum Gasteiger partial charge on any atom is 0.305 e. The number of aliphatic hydroxyl groups excluding tert-OH is 1. The summed E-state index contributed by atoms with van der Waals surface area (Å²) in [6.45, 7) is 4.66. The SMILES string of the molecule is O=C(c1cc2ccccc2s1)N1CCOC2(CCN(Cc3cccc(CC[NH2+]CC(O)c4ccc(O)c5[nH]c(=O)sc45)c3F)CC2)C1. The van der Waals surface area contributed by atoms with Crippen LogP contribution in [0.2, 0.25) is 0 Å². The van der Waals surface area contributed by atoms with E-state index in [0.29, 0.717) is 72.7 Å². The number of aromatic nitrogens is 1. The maximum atomic E-state index is 15.6. The average Bonchev–Trinajstić information content (AvgIpc) is 3.70. The summed E-state index contributed by atoms with van der Waals surface area (Å²) in [5.41, 5.74) is 1.86. The number of rotatable bonds is 9. The van der Waals surface area contributed by atoms with Crippen LogP contribution in [0.4, 0.5) is 4.39 Å². The number of ether oxygens (including phenoxy) is 1. The van der Waals surface area contributed by atoms with Gasteiger partial charge in [-0.05, 0) is 42.0 Å². The van der Waals surface area contributed by atoms with Gasteiger partial charge in [0.05, 0.1) is 34.9 Å². The van der Waals surface area contributed by atoms with E-state index in [2.05, 4.69) is 9.88 Å². The summed E-state index contributed by atoms with van der Waals surface area (Å²) in [7, 11) is 0. The summed E-state index contributed by atoms with van der Waals surface area (Å²) < 4.78 is 23.6. The summed E-state index contributed by atoms with van der Waals surface area (Å²) in [5, 5.41) is 23.8. The van der Waals surface area contributed by atoms with Gasteiger partial charge in [-0.1, -0.05) is 53.8 Å². The Kier molecular flexibility index (Phi) is 9.14. The minimum absolute atomic E-state index is 0.0260. The Labute approximate surface area is 279 Å². The first kappa shape index (κ1) is 31.9. The molecule has 1 atom stereocenters. The Hall–Kier alpha value is -3.65. The van der Waals surface area contributed by atoms with E-state index in [1.165, 1.54) is 17.4 Å². The van der Waals surface area contributed by atoms with E-state index in [1.54, 1.807) is 6.07 Å². The first-order chi connectivity index (χ1) is 22.8. The molecule has 1 spiro atoms. The number of halogens is 1. The molecule has 2 saturated heterocycles. The molecule has 2 aliphatic rings. The number of fused-ring (bicyclic) bond motifs is 2. The van der Waals surface area contributed by atoms with Crippen molar-refractivity contribution in [2.75, 3.05) is 45.9 Å². The van der Waals surface area contributed by atoms with Crippen molar-refractivity contribution >= 4 is 48.9 Å². The number of carbonyl (C=O) groups is 1. The number of nitrogens with two attached hydrogens (primary N) is 1. The number of piperidine rings is 1. The van der Waals surface area contributed by atoms with Crippen LogP contribution >= 0.6 is 22.7 Å². The predicted octanol–water partition coefficient (Wildman–Crippen LogP) is 4.00. The highest BCUT2D eigenvalue weighted by Crippen LogP contribution is 2.34. The predicted molar refractivity (Wildman–Crippen MR) is 182 cm³/mol. The molecule has 1 unspecified atom stereocenters. The van der Waals surface area contributed by atoms with E-state index in [-0.39, 0.29) is 27.9 Å². The van der Waals surface area contributed by atoms with Crippen LogP contribution < -0.4 is 10.2 Å². The monoisotopic (exact) mass is 677 g/mol. The summed E-state index contributed by atoms with van der Waals surface area (Å²) in [6.07, 6.45) is 1.25. The van der Waals surface area contributed by atoms with Gasteiger partial charge < -0.3 is 30.2 Å². The summed E-state index contributed by atoms with van der Waals surface area (Å²) in [6, 6.07) is 18.7. The first-order valence-corrected chi connectivity index (χ1v) is 17.7. The number of nitrogens with one attached hydrogen (secondary N) is 1. The minimum Gasteiger partial charge on any atom is -0.506 e. The van der Waals surface area contributed by atoms with Crippen molar-refractivity contribution in [3.8, 4) is 5.75 Å². The van der Waals surface area contributed by atoms with Gasteiger partial charge in [-0.15, -0.1) is 11.3 Å².